The lowest BCUT2D eigenvalue weighted by Gasteiger charge is -2.19. The van der Waals surface area contributed by atoms with E-state index in [-0.39, 0.29) is 12.5 Å². The summed E-state index contributed by atoms with van der Waals surface area (Å²) in [5.41, 5.74) is 0. The van der Waals surface area contributed by atoms with Gasteiger partial charge in [-0.1, -0.05) is 6.08 Å². The van der Waals surface area contributed by atoms with Crippen LogP contribution in [0.1, 0.15) is 12.8 Å². The van der Waals surface area contributed by atoms with E-state index in [4.69, 9.17) is 5.11 Å². The van der Waals surface area contributed by atoms with Crippen LogP contribution in [0.4, 0.5) is 0 Å². The van der Waals surface area contributed by atoms with Crippen molar-refractivity contribution < 1.29 is 14.7 Å². The molecular formula is C10H16N2O3. The number of aliphatic carboxylic acids is 1. The van der Waals surface area contributed by atoms with E-state index < -0.39 is 12.0 Å². The molecule has 1 aliphatic heterocycles. The molecule has 15 heavy (non-hydrogen) atoms. The maximum atomic E-state index is 11.3. The van der Waals surface area contributed by atoms with E-state index in [2.05, 4.69) is 11.9 Å². The zero-order chi connectivity index (χ0) is 11.3. The summed E-state index contributed by atoms with van der Waals surface area (Å²) >= 11 is 0. The van der Waals surface area contributed by atoms with Gasteiger partial charge in [-0.05, 0) is 19.4 Å². The Morgan fingerprint density at radius 2 is 2.33 bits per heavy atom. The van der Waals surface area contributed by atoms with Crippen LogP contribution in [0.2, 0.25) is 0 Å². The average molecular weight is 212 g/mol. The highest BCUT2D eigenvalue weighted by Crippen LogP contribution is 2.16. The van der Waals surface area contributed by atoms with Crippen molar-refractivity contribution in [2.24, 2.45) is 0 Å². The van der Waals surface area contributed by atoms with Crippen LogP contribution in [-0.2, 0) is 9.59 Å². The van der Waals surface area contributed by atoms with E-state index in [9.17, 15) is 9.59 Å². The van der Waals surface area contributed by atoms with E-state index in [1.807, 2.05) is 0 Å². The molecule has 2 N–H and O–H groups in total. The zero-order valence-corrected chi connectivity index (χ0v) is 8.61. The maximum absolute atomic E-state index is 11.3. The van der Waals surface area contributed by atoms with Crippen molar-refractivity contribution in [1.29, 1.82) is 0 Å². The number of rotatable bonds is 5. The first-order chi connectivity index (χ1) is 7.15. The molecule has 0 aromatic rings. The van der Waals surface area contributed by atoms with E-state index >= 15 is 0 Å². The SMILES string of the molecule is C=CCNC(=O)CN1CCCC1C(=O)O. The van der Waals surface area contributed by atoms with Gasteiger partial charge in [0, 0.05) is 6.54 Å². The molecule has 1 amide bonds. The summed E-state index contributed by atoms with van der Waals surface area (Å²) in [5.74, 6) is -0.993. The molecule has 1 saturated heterocycles. The van der Waals surface area contributed by atoms with Gasteiger partial charge in [0.05, 0.1) is 6.54 Å². The number of nitrogens with one attached hydrogen (secondary N) is 1. The Hall–Kier alpha value is -1.36. The van der Waals surface area contributed by atoms with Gasteiger partial charge in [-0.2, -0.15) is 0 Å². The van der Waals surface area contributed by atoms with E-state index in [0.717, 1.165) is 6.42 Å². The van der Waals surface area contributed by atoms with E-state index in [0.29, 0.717) is 19.5 Å². The maximum Gasteiger partial charge on any atom is 0.320 e. The van der Waals surface area contributed by atoms with Gasteiger partial charge in [0.1, 0.15) is 6.04 Å². The highest BCUT2D eigenvalue weighted by molar-refractivity contribution is 5.80. The van der Waals surface area contributed by atoms with Crippen molar-refractivity contribution >= 4 is 11.9 Å². The van der Waals surface area contributed by atoms with Gasteiger partial charge in [-0.25, -0.2) is 0 Å². The third-order valence-electron chi connectivity index (χ3n) is 2.44. The fourth-order valence-corrected chi connectivity index (χ4v) is 1.72. The first kappa shape index (κ1) is 11.7. The molecule has 0 aromatic heterocycles. The van der Waals surface area contributed by atoms with Crippen molar-refractivity contribution in [2.75, 3.05) is 19.6 Å². The minimum atomic E-state index is -0.843. The lowest BCUT2D eigenvalue weighted by atomic mass is 10.2. The summed E-state index contributed by atoms with van der Waals surface area (Å²) in [5, 5.41) is 11.5. The molecule has 0 spiro atoms. The van der Waals surface area contributed by atoms with Gasteiger partial charge >= 0.3 is 5.97 Å². The summed E-state index contributed by atoms with van der Waals surface area (Å²) in [6, 6.07) is -0.500. The average Bonchev–Trinajstić information content (AvgIpc) is 2.62. The van der Waals surface area contributed by atoms with Crippen LogP contribution in [0.25, 0.3) is 0 Å². The number of hydrogen-bond acceptors (Lipinski definition) is 3. The van der Waals surface area contributed by atoms with Gasteiger partial charge in [0.15, 0.2) is 0 Å². The first-order valence-corrected chi connectivity index (χ1v) is 4.99. The molecule has 1 unspecified atom stereocenters. The Morgan fingerprint density at radius 3 is 2.93 bits per heavy atom. The smallest absolute Gasteiger partial charge is 0.320 e. The van der Waals surface area contributed by atoms with Crippen molar-refractivity contribution in [2.45, 2.75) is 18.9 Å². The molecule has 0 radical (unpaired) electrons. The molecule has 1 atom stereocenters. The summed E-state index contributed by atoms with van der Waals surface area (Å²) in [7, 11) is 0. The van der Waals surface area contributed by atoms with Crippen molar-refractivity contribution in [3.63, 3.8) is 0 Å². The van der Waals surface area contributed by atoms with Gasteiger partial charge in [0.25, 0.3) is 0 Å². The normalized spacial score (nSPS) is 21.2. The molecule has 0 bridgehead atoms. The second-order valence-electron chi connectivity index (χ2n) is 3.56. The fraction of sp³-hybridized carbons (Fsp3) is 0.600. The Bertz CT molecular complexity index is 265. The number of likely N-dealkylation sites (tertiary alicyclic amines) is 1. The van der Waals surface area contributed by atoms with E-state index in [1.165, 1.54) is 0 Å². The largest absolute Gasteiger partial charge is 0.480 e. The molecule has 1 fully saturated rings. The number of carbonyl (C=O) groups is 2. The number of carboxylic acid groups (broad SMARTS) is 1. The highest BCUT2D eigenvalue weighted by atomic mass is 16.4. The minimum Gasteiger partial charge on any atom is -0.480 e. The Labute approximate surface area is 88.8 Å². The minimum absolute atomic E-state index is 0.150. The van der Waals surface area contributed by atoms with Crippen molar-refractivity contribution in [3.05, 3.63) is 12.7 Å². The summed E-state index contributed by atoms with van der Waals surface area (Å²) in [6.07, 6.45) is 3.06. The van der Waals surface area contributed by atoms with Crippen LogP contribution < -0.4 is 5.32 Å². The van der Waals surface area contributed by atoms with Gasteiger partial charge in [0.2, 0.25) is 5.91 Å². The van der Waals surface area contributed by atoms with Gasteiger partial charge in [-0.3, -0.25) is 14.5 Å². The molecule has 1 heterocycles. The number of nitrogens with zero attached hydrogens (tertiary/aromatic N) is 1. The van der Waals surface area contributed by atoms with Crippen LogP contribution in [-0.4, -0.2) is 47.6 Å². The summed E-state index contributed by atoms with van der Waals surface area (Å²) < 4.78 is 0. The molecule has 1 rings (SSSR count). The topological polar surface area (TPSA) is 69.6 Å². The number of carbonyl (C=O) groups excluding carboxylic acids is 1. The second-order valence-corrected chi connectivity index (χ2v) is 3.56. The highest BCUT2D eigenvalue weighted by Gasteiger charge is 2.31. The van der Waals surface area contributed by atoms with Crippen molar-refractivity contribution in [3.8, 4) is 0 Å². The third-order valence-corrected chi connectivity index (χ3v) is 2.44. The third kappa shape index (κ3) is 3.36. The molecule has 5 nitrogen and oxygen atoms in total. The Kier molecular flexibility index (Phi) is 4.30. The predicted octanol–water partition coefficient (Wildman–Crippen LogP) is -0.162. The van der Waals surface area contributed by atoms with Crippen LogP contribution in [0.5, 0.6) is 0 Å². The summed E-state index contributed by atoms with van der Waals surface area (Å²) in [4.78, 5) is 23.8. The first-order valence-electron chi connectivity index (χ1n) is 4.99. The zero-order valence-electron chi connectivity index (χ0n) is 8.61. The molecule has 5 heteroatoms. The number of carboxylic acids is 1. The molecule has 0 aromatic carbocycles. The molecule has 0 aliphatic carbocycles. The Balaban J connectivity index is 2.39. The van der Waals surface area contributed by atoms with Crippen molar-refractivity contribution in [1.82, 2.24) is 10.2 Å². The molecule has 84 valence electrons. The van der Waals surface area contributed by atoms with E-state index in [1.54, 1.807) is 11.0 Å². The lowest BCUT2D eigenvalue weighted by molar-refractivity contribution is -0.142. The lowest BCUT2D eigenvalue weighted by Crippen LogP contribution is -2.42. The van der Waals surface area contributed by atoms with Gasteiger partial charge in [-0.15, -0.1) is 6.58 Å². The molecular weight excluding hydrogens is 196 g/mol. The van der Waals surface area contributed by atoms with Crippen LogP contribution in [0.15, 0.2) is 12.7 Å². The monoisotopic (exact) mass is 212 g/mol. The second kappa shape index (κ2) is 5.50. The quantitative estimate of drug-likeness (QED) is 0.621. The number of hydrogen-bond donors (Lipinski definition) is 2. The Morgan fingerprint density at radius 1 is 1.60 bits per heavy atom. The molecule has 0 saturated carbocycles. The fourth-order valence-electron chi connectivity index (χ4n) is 1.72. The predicted molar refractivity (Wildman–Crippen MR) is 55.4 cm³/mol. The van der Waals surface area contributed by atoms with Crippen LogP contribution in [0, 0.1) is 0 Å². The molecule has 1 aliphatic rings. The number of amides is 1. The summed E-state index contributed by atoms with van der Waals surface area (Å²) in [6.45, 7) is 4.74. The van der Waals surface area contributed by atoms with Crippen LogP contribution in [0.3, 0.4) is 0 Å². The standard InChI is InChI=1S/C10H16N2O3/c1-2-5-11-9(13)7-12-6-3-4-8(12)10(14)15/h2,8H,1,3-7H2,(H,11,13)(H,14,15). The van der Waals surface area contributed by atoms with Gasteiger partial charge < -0.3 is 10.4 Å². The van der Waals surface area contributed by atoms with Crippen LogP contribution >= 0.6 is 0 Å².